The number of para-hydroxylation sites is 1. The van der Waals surface area contributed by atoms with Crippen molar-refractivity contribution in [2.75, 3.05) is 19.0 Å². The number of thioether (sulfide) groups is 1. The lowest BCUT2D eigenvalue weighted by Gasteiger charge is -2.13. The Morgan fingerprint density at radius 2 is 2.10 bits per heavy atom. The molecule has 0 bridgehead atoms. The zero-order valence-electron chi connectivity index (χ0n) is 16.7. The van der Waals surface area contributed by atoms with E-state index in [0.29, 0.717) is 27.3 Å². The number of hydrogen-bond donors (Lipinski definition) is 1. The van der Waals surface area contributed by atoms with Gasteiger partial charge in [0.2, 0.25) is 5.91 Å². The maximum absolute atomic E-state index is 12.8. The molecule has 2 heterocycles. The fraction of sp³-hybridized carbons (Fsp3) is 0.182. The van der Waals surface area contributed by atoms with Crippen LogP contribution in [0.1, 0.15) is 18.4 Å². The summed E-state index contributed by atoms with van der Waals surface area (Å²) in [7, 11) is 1.60. The maximum Gasteiger partial charge on any atom is 0.266 e. The molecular weight excluding hydrogens is 450 g/mol. The molecule has 1 aliphatic rings. The number of anilines is 1. The highest BCUT2D eigenvalue weighted by Gasteiger charge is 2.31. The first-order chi connectivity index (χ1) is 15.0. The molecule has 1 saturated heterocycles. The minimum absolute atomic E-state index is 0.128. The average molecular weight is 470 g/mol. The van der Waals surface area contributed by atoms with Gasteiger partial charge in [0.1, 0.15) is 10.1 Å². The molecule has 3 aromatic rings. The first-order valence-electron chi connectivity index (χ1n) is 9.58. The number of nitrogens with one attached hydrogen (secondary N) is 1. The van der Waals surface area contributed by atoms with E-state index in [1.54, 1.807) is 12.0 Å². The van der Waals surface area contributed by atoms with Crippen LogP contribution < -0.4 is 10.1 Å². The Labute approximate surface area is 193 Å². The number of carbonyl (C=O) groups excluding carboxylic acids is 2. The second-order valence-corrected chi connectivity index (χ2v) is 9.45. The van der Waals surface area contributed by atoms with Gasteiger partial charge in [-0.2, -0.15) is 0 Å². The van der Waals surface area contributed by atoms with Crippen LogP contribution in [0.15, 0.2) is 53.4 Å². The highest BCUT2D eigenvalue weighted by Crippen LogP contribution is 2.33. The van der Waals surface area contributed by atoms with Crippen LogP contribution in [0.5, 0.6) is 5.75 Å². The van der Waals surface area contributed by atoms with Gasteiger partial charge in [-0.15, -0.1) is 0 Å². The van der Waals surface area contributed by atoms with Crippen LogP contribution in [0, 0.1) is 0 Å². The minimum atomic E-state index is -0.135. The van der Waals surface area contributed by atoms with Crippen LogP contribution in [0.4, 0.5) is 5.13 Å². The summed E-state index contributed by atoms with van der Waals surface area (Å²) in [6.07, 6.45) is 2.60. The van der Waals surface area contributed by atoms with Gasteiger partial charge in [-0.3, -0.25) is 14.5 Å². The van der Waals surface area contributed by atoms with Crippen LogP contribution in [0.3, 0.4) is 0 Å². The van der Waals surface area contributed by atoms with Crippen LogP contribution in [0.25, 0.3) is 16.3 Å². The summed E-state index contributed by atoms with van der Waals surface area (Å²) in [4.78, 5) is 31.6. The molecule has 0 aliphatic carbocycles. The summed E-state index contributed by atoms with van der Waals surface area (Å²) in [6, 6.07) is 15.2. The number of carbonyl (C=O) groups is 2. The number of ether oxygens (including phenoxy) is 1. The van der Waals surface area contributed by atoms with E-state index in [9.17, 15) is 9.59 Å². The van der Waals surface area contributed by atoms with E-state index in [1.807, 2.05) is 54.6 Å². The fourth-order valence-corrected chi connectivity index (χ4v) is 5.27. The van der Waals surface area contributed by atoms with Gasteiger partial charge in [0.05, 0.1) is 22.2 Å². The number of methoxy groups -OCH3 is 1. The van der Waals surface area contributed by atoms with Gasteiger partial charge >= 0.3 is 0 Å². The summed E-state index contributed by atoms with van der Waals surface area (Å²) in [5, 5.41) is 3.42. The quantitative estimate of drug-likeness (QED) is 0.391. The lowest BCUT2D eigenvalue weighted by molar-refractivity contribution is -0.122. The normalized spacial score (nSPS) is 15.1. The second-order valence-electron chi connectivity index (χ2n) is 6.75. The second kappa shape index (κ2) is 9.59. The third kappa shape index (κ3) is 5.12. The molecule has 0 atom stereocenters. The first kappa shape index (κ1) is 21.5. The SMILES string of the molecule is COc1cccc(C=C2SC(=S)N(CCCC(=O)Nc3nc4ccccc4s3)C2=O)c1. The smallest absolute Gasteiger partial charge is 0.266 e. The van der Waals surface area contributed by atoms with Crippen molar-refractivity contribution < 1.29 is 14.3 Å². The van der Waals surface area contributed by atoms with Gasteiger partial charge < -0.3 is 10.1 Å². The van der Waals surface area contributed by atoms with E-state index in [-0.39, 0.29) is 18.2 Å². The molecule has 1 N–H and O–H groups in total. The number of amides is 2. The molecule has 9 heteroatoms. The molecule has 0 radical (unpaired) electrons. The van der Waals surface area contributed by atoms with Crippen LogP contribution in [-0.2, 0) is 9.59 Å². The van der Waals surface area contributed by atoms with E-state index >= 15 is 0 Å². The fourth-order valence-electron chi connectivity index (χ4n) is 3.08. The van der Waals surface area contributed by atoms with Crippen molar-refractivity contribution in [3.63, 3.8) is 0 Å². The molecule has 1 aliphatic heterocycles. The molecular formula is C22H19N3O3S3. The van der Waals surface area contributed by atoms with Crippen molar-refractivity contribution in [2.24, 2.45) is 0 Å². The Hall–Kier alpha value is -2.75. The molecule has 0 spiro atoms. The maximum atomic E-state index is 12.8. The number of thiazole rings is 1. The number of thiocarbonyl (C=S) groups is 1. The molecule has 158 valence electrons. The summed E-state index contributed by atoms with van der Waals surface area (Å²) in [5.41, 5.74) is 1.73. The molecule has 1 fully saturated rings. The van der Waals surface area contributed by atoms with Crippen molar-refractivity contribution in [1.29, 1.82) is 0 Å². The lowest BCUT2D eigenvalue weighted by Crippen LogP contribution is -2.29. The monoisotopic (exact) mass is 469 g/mol. The number of aromatic nitrogens is 1. The minimum Gasteiger partial charge on any atom is -0.497 e. The van der Waals surface area contributed by atoms with Gasteiger partial charge in [-0.1, -0.05) is 59.6 Å². The topological polar surface area (TPSA) is 71.5 Å². The molecule has 4 rings (SSSR count). The number of fused-ring (bicyclic) bond motifs is 1. The Kier molecular flexibility index (Phi) is 6.64. The standard InChI is InChI=1S/C22H19N3O3S3/c1-28-15-7-4-6-14(12-15)13-18-20(27)25(22(29)31-18)11-5-10-19(26)24-21-23-16-8-2-3-9-17(16)30-21/h2-4,6-9,12-13H,5,10-11H2,1H3,(H,23,24,26). The molecule has 2 amide bonds. The van der Waals surface area contributed by atoms with E-state index in [0.717, 1.165) is 21.5 Å². The highest BCUT2D eigenvalue weighted by atomic mass is 32.2. The Morgan fingerprint density at radius 3 is 2.90 bits per heavy atom. The van der Waals surface area contributed by atoms with Crippen LogP contribution in [0.2, 0.25) is 0 Å². The zero-order chi connectivity index (χ0) is 21.8. The van der Waals surface area contributed by atoms with Crippen molar-refractivity contribution in [3.05, 3.63) is 59.0 Å². The van der Waals surface area contributed by atoms with Crippen molar-refractivity contribution in [2.45, 2.75) is 12.8 Å². The first-order valence-corrected chi connectivity index (χ1v) is 11.6. The summed E-state index contributed by atoms with van der Waals surface area (Å²) < 4.78 is 6.76. The summed E-state index contributed by atoms with van der Waals surface area (Å²) in [6.45, 7) is 0.396. The van der Waals surface area contributed by atoms with Crippen LogP contribution >= 0.6 is 35.3 Å². The number of nitrogens with zero attached hydrogens (tertiary/aromatic N) is 2. The van der Waals surface area contributed by atoms with E-state index in [2.05, 4.69) is 10.3 Å². The predicted molar refractivity (Wildman–Crippen MR) is 130 cm³/mol. The number of rotatable bonds is 7. The summed E-state index contributed by atoms with van der Waals surface area (Å²) in [5.74, 6) is 0.462. The van der Waals surface area contributed by atoms with Gasteiger partial charge in [0.25, 0.3) is 5.91 Å². The largest absolute Gasteiger partial charge is 0.497 e. The van der Waals surface area contributed by atoms with Crippen LogP contribution in [-0.4, -0.2) is 39.7 Å². The predicted octanol–water partition coefficient (Wildman–Crippen LogP) is 4.93. The molecule has 1 aromatic heterocycles. The Balaban J connectivity index is 1.31. The molecule has 2 aromatic carbocycles. The van der Waals surface area contributed by atoms with Gasteiger partial charge in [-0.05, 0) is 42.3 Å². The van der Waals surface area contributed by atoms with Gasteiger partial charge in [-0.25, -0.2) is 4.98 Å². The molecule has 0 saturated carbocycles. The Bertz CT molecular complexity index is 1160. The van der Waals surface area contributed by atoms with E-state index in [1.165, 1.54) is 23.1 Å². The van der Waals surface area contributed by atoms with Crippen molar-refractivity contribution >= 4 is 72.9 Å². The molecule has 31 heavy (non-hydrogen) atoms. The molecule has 0 unspecified atom stereocenters. The third-order valence-corrected chi connectivity index (χ3v) is 6.92. The van der Waals surface area contributed by atoms with Gasteiger partial charge in [0, 0.05) is 13.0 Å². The Morgan fingerprint density at radius 1 is 1.26 bits per heavy atom. The average Bonchev–Trinajstić information content (AvgIpc) is 3.28. The zero-order valence-corrected chi connectivity index (χ0v) is 19.1. The van der Waals surface area contributed by atoms with E-state index in [4.69, 9.17) is 17.0 Å². The van der Waals surface area contributed by atoms with E-state index < -0.39 is 0 Å². The highest BCUT2D eigenvalue weighted by molar-refractivity contribution is 8.26. The number of benzene rings is 2. The van der Waals surface area contributed by atoms with Gasteiger partial charge in [0.15, 0.2) is 5.13 Å². The third-order valence-electron chi connectivity index (χ3n) is 4.59. The summed E-state index contributed by atoms with van der Waals surface area (Å²) >= 11 is 8.09. The van der Waals surface area contributed by atoms with Crippen molar-refractivity contribution in [3.8, 4) is 5.75 Å². The molecule has 6 nitrogen and oxygen atoms in total. The number of hydrogen-bond acceptors (Lipinski definition) is 7. The lowest BCUT2D eigenvalue weighted by atomic mass is 10.2. The van der Waals surface area contributed by atoms with Crippen molar-refractivity contribution in [1.82, 2.24) is 9.88 Å².